The van der Waals surface area contributed by atoms with Gasteiger partial charge in [-0.1, -0.05) is 5.16 Å². The number of carbonyl (C=O) groups is 1. The fourth-order valence-electron chi connectivity index (χ4n) is 3.19. The molecule has 0 aromatic rings. The molecular weight excluding hydrogens is 230 g/mol. The predicted octanol–water partition coefficient (Wildman–Crippen LogP) is 0.896. The molecule has 0 saturated carbocycles. The normalized spacial score (nSPS) is 30.4. The molecule has 1 spiro atoms. The number of oxime groups is 1. The van der Waals surface area contributed by atoms with Crippen LogP contribution in [0, 0.1) is 0 Å². The Morgan fingerprint density at radius 1 is 1.50 bits per heavy atom. The van der Waals surface area contributed by atoms with E-state index in [1.165, 1.54) is 0 Å². The van der Waals surface area contributed by atoms with Crippen LogP contribution in [0.1, 0.15) is 39.0 Å². The summed E-state index contributed by atoms with van der Waals surface area (Å²) in [6.45, 7) is 4.89. The smallest absolute Gasteiger partial charge is 0.272 e. The van der Waals surface area contributed by atoms with Crippen LogP contribution in [0.25, 0.3) is 0 Å². The van der Waals surface area contributed by atoms with Gasteiger partial charge in [0.05, 0.1) is 0 Å². The van der Waals surface area contributed by atoms with Crippen LogP contribution in [0.2, 0.25) is 0 Å². The van der Waals surface area contributed by atoms with Gasteiger partial charge in [-0.05, 0) is 32.9 Å². The van der Waals surface area contributed by atoms with Gasteiger partial charge in [0.1, 0.15) is 11.3 Å². The fraction of sp³-hybridized carbons (Fsp3) is 0.846. The van der Waals surface area contributed by atoms with Gasteiger partial charge in [-0.15, -0.1) is 0 Å². The van der Waals surface area contributed by atoms with Crippen LogP contribution in [-0.4, -0.2) is 47.8 Å². The van der Waals surface area contributed by atoms with Crippen LogP contribution < -0.4 is 5.32 Å². The zero-order chi connectivity index (χ0) is 12.6. The van der Waals surface area contributed by atoms with E-state index in [2.05, 4.69) is 17.4 Å². The average molecular weight is 251 g/mol. The van der Waals surface area contributed by atoms with E-state index in [0.717, 1.165) is 45.3 Å². The lowest BCUT2D eigenvalue weighted by Gasteiger charge is -2.31. The number of carbonyl (C=O) groups excluding carboxylic acids is 1. The molecule has 1 unspecified atom stereocenters. The molecule has 3 rings (SSSR count). The highest BCUT2D eigenvalue weighted by Crippen LogP contribution is 2.33. The first-order valence-corrected chi connectivity index (χ1v) is 6.97. The van der Waals surface area contributed by atoms with Crippen molar-refractivity contribution in [3.63, 3.8) is 0 Å². The molecule has 0 aromatic heterocycles. The molecule has 1 atom stereocenters. The minimum Gasteiger partial charge on any atom is -0.388 e. The van der Waals surface area contributed by atoms with E-state index in [4.69, 9.17) is 4.84 Å². The van der Waals surface area contributed by atoms with E-state index in [-0.39, 0.29) is 11.5 Å². The Morgan fingerprint density at radius 3 is 2.94 bits per heavy atom. The summed E-state index contributed by atoms with van der Waals surface area (Å²) in [5.41, 5.74) is 0.435. The minimum atomic E-state index is -0.195. The van der Waals surface area contributed by atoms with Crippen LogP contribution in [0.4, 0.5) is 0 Å². The number of hydrogen-bond acceptors (Lipinski definition) is 4. The third-order valence-corrected chi connectivity index (χ3v) is 4.41. The largest absolute Gasteiger partial charge is 0.388 e. The van der Waals surface area contributed by atoms with Crippen LogP contribution in [-0.2, 0) is 9.63 Å². The van der Waals surface area contributed by atoms with E-state index in [0.29, 0.717) is 18.2 Å². The maximum absolute atomic E-state index is 12.4. The van der Waals surface area contributed by atoms with E-state index >= 15 is 0 Å². The SMILES string of the molecule is CC1CCCN1C(=O)C1=NOC2(CCNCC2)C1. The van der Waals surface area contributed by atoms with Crippen molar-refractivity contribution in [2.75, 3.05) is 19.6 Å². The second kappa shape index (κ2) is 4.53. The summed E-state index contributed by atoms with van der Waals surface area (Å²) in [4.78, 5) is 19.9. The zero-order valence-electron chi connectivity index (χ0n) is 10.9. The molecule has 5 nitrogen and oxygen atoms in total. The molecule has 3 aliphatic heterocycles. The van der Waals surface area contributed by atoms with Crippen LogP contribution in [0.15, 0.2) is 5.16 Å². The number of rotatable bonds is 1. The topological polar surface area (TPSA) is 53.9 Å². The van der Waals surface area contributed by atoms with Gasteiger partial charge < -0.3 is 15.1 Å². The zero-order valence-corrected chi connectivity index (χ0v) is 10.9. The minimum absolute atomic E-state index is 0.0930. The third-order valence-electron chi connectivity index (χ3n) is 4.41. The van der Waals surface area contributed by atoms with Crippen molar-refractivity contribution >= 4 is 11.6 Å². The highest BCUT2D eigenvalue weighted by Gasteiger charge is 2.43. The van der Waals surface area contributed by atoms with Gasteiger partial charge in [0.25, 0.3) is 5.91 Å². The maximum Gasteiger partial charge on any atom is 0.272 e. The second-order valence-electron chi connectivity index (χ2n) is 5.73. The van der Waals surface area contributed by atoms with Crippen molar-refractivity contribution in [1.82, 2.24) is 10.2 Å². The first kappa shape index (κ1) is 12.0. The van der Waals surface area contributed by atoms with Crippen molar-refractivity contribution in [3.05, 3.63) is 0 Å². The quantitative estimate of drug-likeness (QED) is 0.753. The molecule has 18 heavy (non-hydrogen) atoms. The number of nitrogens with zero attached hydrogens (tertiary/aromatic N) is 2. The van der Waals surface area contributed by atoms with Crippen molar-refractivity contribution < 1.29 is 9.63 Å². The standard InChI is InChI=1S/C13H21N3O2/c1-10-3-2-8-16(10)12(17)11-9-13(18-15-11)4-6-14-7-5-13/h10,14H,2-9H2,1H3. The van der Waals surface area contributed by atoms with Gasteiger partial charge in [0.15, 0.2) is 0 Å². The molecule has 3 aliphatic rings. The summed E-state index contributed by atoms with van der Waals surface area (Å²) >= 11 is 0. The molecular formula is C13H21N3O2. The summed E-state index contributed by atoms with van der Waals surface area (Å²) in [7, 11) is 0. The van der Waals surface area contributed by atoms with Gasteiger partial charge in [-0.3, -0.25) is 4.79 Å². The molecule has 1 amide bonds. The van der Waals surface area contributed by atoms with Crippen LogP contribution >= 0.6 is 0 Å². The van der Waals surface area contributed by atoms with Crippen LogP contribution in [0.5, 0.6) is 0 Å². The maximum atomic E-state index is 12.4. The van der Waals surface area contributed by atoms with Gasteiger partial charge in [-0.2, -0.15) is 0 Å². The Balaban J connectivity index is 1.66. The Hall–Kier alpha value is -1.10. The lowest BCUT2D eigenvalue weighted by molar-refractivity contribution is -0.124. The lowest BCUT2D eigenvalue weighted by atomic mass is 9.87. The van der Waals surface area contributed by atoms with E-state index < -0.39 is 0 Å². The highest BCUT2D eigenvalue weighted by molar-refractivity contribution is 6.39. The Labute approximate surface area is 108 Å². The molecule has 0 bridgehead atoms. The lowest BCUT2D eigenvalue weighted by Crippen LogP contribution is -2.44. The Kier molecular flexibility index (Phi) is 3.01. The first-order valence-electron chi connectivity index (χ1n) is 6.97. The molecule has 5 heteroatoms. The predicted molar refractivity (Wildman–Crippen MR) is 68.4 cm³/mol. The van der Waals surface area contributed by atoms with Gasteiger partial charge >= 0.3 is 0 Å². The summed E-state index contributed by atoms with van der Waals surface area (Å²) < 4.78 is 0. The van der Waals surface area contributed by atoms with Crippen molar-refractivity contribution in [3.8, 4) is 0 Å². The van der Waals surface area contributed by atoms with E-state index in [1.807, 2.05) is 4.90 Å². The molecule has 2 fully saturated rings. The second-order valence-corrected chi connectivity index (χ2v) is 5.73. The summed E-state index contributed by atoms with van der Waals surface area (Å²) in [5, 5.41) is 7.41. The van der Waals surface area contributed by atoms with Crippen molar-refractivity contribution in [2.24, 2.45) is 5.16 Å². The van der Waals surface area contributed by atoms with Gasteiger partial charge in [-0.25, -0.2) is 0 Å². The summed E-state index contributed by atoms with van der Waals surface area (Å²) in [5.74, 6) is 0.0930. The first-order chi connectivity index (χ1) is 8.70. The monoisotopic (exact) mass is 251 g/mol. The third kappa shape index (κ3) is 2.00. The fourth-order valence-corrected chi connectivity index (χ4v) is 3.19. The van der Waals surface area contributed by atoms with Gasteiger partial charge in [0, 0.05) is 31.8 Å². The van der Waals surface area contributed by atoms with Gasteiger partial charge in [0.2, 0.25) is 0 Å². The van der Waals surface area contributed by atoms with Crippen molar-refractivity contribution in [2.45, 2.75) is 50.7 Å². The summed E-state index contributed by atoms with van der Waals surface area (Å²) in [6.07, 6.45) is 4.80. The van der Waals surface area contributed by atoms with Crippen molar-refractivity contribution in [1.29, 1.82) is 0 Å². The molecule has 100 valence electrons. The Morgan fingerprint density at radius 2 is 2.28 bits per heavy atom. The number of piperidine rings is 1. The molecule has 3 heterocycles. The number of nitrogens with one attached hydrogen (secondary N) is 1. The summed E-state index contributed by atoms with van der Waals surface area (Å²) in [6, 6.07) is 0.352. The van der Waals surface area contributed by atoms with Crippen LogP contribution in [0.3, 0.4) is 0 Å². The molecule has 0 radical (unpaired) electrons. The Bertz CT molecular complexity index is 374. The number of hydrogen-bond donors (Lipinski definition) is 1. The van der Waals surface area contributed by atoms with E-state index in [1.54, 1.807) is 0 Å². The molecule has 1 N–H and O–H groups in total. The molecule has 0 aromatic carbocycles. The molecule has 2 saturated heterocycles. The highest BCUT2D eigenvalue weighted by atomic mass is 16.7. The molecule has 0 aliphatic carbocycles. The number of likely N-dealkylation sites (tertiary alicyclic amines) is 1. The average Bonchev–Trinajstić information content (AvgIpc) is 2.97. The van der Waals surface area contributed by atoms with E-state index in [9.17, 15) is 4.79 Å². The number of amides is 1.